The van der Waals surface area contributed by atoms with Gasteiger partial charge in [0.25, 0.3) is 0 Å². The lowest BCUT2D eigenvalue weighted by Crippen LogP contribution is -2.53. The summed E-state index contributed by atoms with van der Waals surface area (Å²) in [5, 5.41) is 16.1. The number of hydrogen-bond acceptors (Lipinski definition) is 8. The number of nitrogens with one attached hydrogen (secondary N) is 1. The van der Waals surface area contributed by atoms with Crippen LogP contribution in [0.1, 0.15) is 36.9 Å². The van der Waals surface area contributed by atoms with E-state index in [1.165, 1.54) is 12.0 Å². The largest absolute Gasteiger partial charge is 0.462 e. The van der Waals surface area contributed by atoms with Gasteiger partial charge in [0.05, 0.1) is 23.3 Å². The predicted molar refractivity (Wildman–Crippen MR) is 158 cm³/mol. The van der Waals surface area contributed by atoms with Crippen molar-refractivity contribution >= 4 is 33.9 Å². The first-order valence-electron chi connectivity index (χ1n) is 14.6. The second-order valence-corrected chi connectivity index (χ2v) is 12.3. The standard InChI is InChI=1S/C31H36ClN7O/c1-37-13-4-7-23(37)19-40-31-35-27-18-38(28-9-3-6-20-5-2-8-25(32)29(20)28)14-11-24(27)30(36-31)39-16-22-15-21(10-12-33)26(17-39)34-22/h2-3,5-6,8-9,21-23,26,34H,4,7,10-11,13-19H2,1H3/t21?,22-,23+,26?/m1/s1. The Labute approximate surface area is 240 Å². The first-order valence-corrected chi connectivity index (χ1v) is 15.0. The van der Waals surface area contributed by atoms with Crippen LogP contribution in [-0.2, 0) is 13.0 Å². The SMILES string of the molecule is CN1CCC[C@H]1COc1nc2c(c(N3CC4N[C@H](CC4CC#N)C3)n1)CCN(c1cccc3cccc(Cl)c13)C2. The summed E-state index contributed by atoms with van der Waals surface area (Å²) in [6.45, 7) is 5.03. The van der Waals surface area contributed by atoms with E-state index in [4.69, 9.17) is 26.3 Å². The van der Waals surface area contributed by atoms with E-state index in [0.29, 0.717) is 49.6 Å². The summed E-state index contributed by atoms with van der Waals surface area (Å²) in [4.78, 5) is 17.3. The number of hydrogen-bond donors (Lipinski definition) is 1. The Bertz CT molecular complexity index is 1450. The molecule has 9 heteroatoms. The van der Waals surface area contributed by atoms with Crippen LogP contribution in [0.4, 0.5) is 11.5 Å². The van der Waals surface area contributed by atoms with Crippen molar-refractivity contribution in [2.24, 2.45) is 5.92 Å². The molecule has 0 radical (unpaired) electrons. The molecule has 1 N–H and O–H groups in total. The van der Waals surface area contributed by atoms with Gasteiger partial charge in [-0.25, -0.2) is 0 Å². The second-order valence-electron chi connectivity index (χ2n) is 11.9. The summed E-state index contributed by atoms with van der Waals surface area (Å²) < 4.78 is 6.33. The third-order valence-corrected chi connectivity index (χ3v) is 9.70. The fourth-order valence-electron chi connectivity index (χ4n) is 7.28. The van der Waals surface area contributed by atoms with Gasteiger partial charge in [-0.2, -0.15) is 15.2 Å². The smallest absolute Gasteiger partial charge is 0.318 e. The number of rotatable bonds is 6. The van der Waals surface area contributed by atoms with E-state index in [1.54, 1.807) is 0 Å². The van der Waals surface area contributed by atoms with Crippen LogP contribution in [0, 0.1) is 17.2 Å². The topological polar surface area (TPSA) is 80.5 Å². The molecule has 4 aliphatic heterocycles. The van der Waals surface area contributed by atoms with Gasteiger partial charge in [-0.15, -0.1) is 0 Å². The van der Waals surface area contributed by atoms with Crippen molar-refractivity contribution in [2.45, 2.75) is 56.8 Å². The number of anilines is 2. The molecular formula is C31H36ClN7O. The molecule has 208 valence electrons. The van der Waals surface area contributed by atoms with E-state index in [9.17, 15) is 5.26 Å². The Morgan fingerprint density at radius 1 is 1.12 bits per heavy atom. The molecule has 0 spiro atoms. The fourth-order valence-corrected chi connectivity index (χ4v) is 7.56. The second kappa shape index (κ2) is 10.7. The molecule has 0 saturated carbocycles. The van der Waals surface area contributed by atoms with Crippen LogP contribution in [-0.4, -0.2) is 72.8 Å². The highest BCUT2D eigenvalue weighted by atomic mass is 35.5. The van der Waals surface area contributed by atoms with Gasteiger partial charge < -0.3 is 24.8 Å². The molecule has 0 amide bonds. The van der Waals surface area contributed by atoms with Gasteiger partial charge in [0.2, 0.25) is 0 Å². The number of piperazine rings is 1. The van der Waals surface area contributed by atoms with Gasteiger partial charge in [0.1, 0.15) is 12.4 Å². The lowest BCUT2D eigenvalue weighted by molar-refractivity contribution is 0.187. The summed E-state index contributed by atoms with van der Waals surface area (Å²) in [7, 11) is 2.17. The van der Waals surface area contributed by atoms with Gasteiger partial charge in [-0.3, -0.25) is 0 Å². The normalized spacial score (nSPS) is 26.2. The Balaban J connectivity index is 1.22. The Morgan fingerprint density at radius 2 is 2.00 bits per heavy atom. The number of benzene rings is 2. The van der Waals surface area contributed by atoms with Gasteiger partial charge in [-0.05, 0) is 62.7 Å². The Kier molecular flexibility index (Phi) is 6.91. The summed E-state index contributed by atoms with van der Waals surface area (Å²) in [5.74, 6) is 1.42. The van der Waals surface area contributed by atoms with Gasteiger partial charge >= 0.3 is 6.01 Å². The van der Waals surface area contributed by atoms with E-state index in [0.717, 1.165) is 78.4 Å². The molecule has 2 unspecified atom stereocenters. The Hall–Kier alpha value is -3.12. The quantitative estimate of drug-likeness (QED) is 0.478. The minimum atomic E-state index is 0.318. The molecule has 1 aromatic heterocycles. The van der Waals surface area contributed by atoms with Crippen LogP contribution >= 0.6 is 11.6 Å². The van der Waals surface area contributed by atoms with Gasteiger partial charge in [0, 0.05) is 60.8 Å². The van der Waals surface area contributed by atoms with E-state index < -0.39 is 0 Å². The van der Waals surface area contributed by atoms with Crippen LogP contribution in [0.5, 0.6) is 6.01 Å². The molecule has 8 nitrogen and oxygen atoms in total. The number of likely N-dealkylation sites (tertiary alicyclic amines) is 1. The molecule has 2 bridgehead atoms. The minimum absolute atomic E-state index is 0.318. The van der Waals surface area contributed by atoms with Crippen LogP contribution in [0.25, 0.3) is 10.8 Å². The monoisotopic (exact) mass is 557 g/mol. The first-order chi connectivity index (χ1) is 19.6. The molecule has 2 aromatic carbocycles. The van der Waals surface area contributed by atoms with Crippen molar-refractivity contribution in [3.8, 4) is 12.1 Å². The molecule has 7 rings (SSSR count). The third kappa shape index (κ3) is 4.74. The van der Waals surface area contributed by atoms with Crippen molar-refractivity contribution in [1.82, 2.24) is 20.2 Å². The molecule has 0 aliphatic carbocycles. The van der Waals surface area contributed by atoms with Crippen molar-refractivity contribution < 1.29 is 4.74 Å². The molecule has 4 aliphatic rings. The highest BCUT2D eigenvalue weighted by molar-refractivity contribution is 6.36. The number of nitriles is 1. The number of ether oxygens (including phenoxy) is 1. The van der Waals surface area contributed by atoms with Crippen molar-refractivity contribution in [1.29, 1.82) is 5.26 Å². The van der Waals surface area contributed by atoms with E-state index in [2.05, 4.69) is 57.4 Å². The zero-order valence-electron chi connectivity index (χ0n) is 23.0. The highest BCUT2D eigenvalue weighted by Gasteiger charge is 2.41. The summed E-state index contributed by atoms with van der Waals surface area (Å²) in [6, 6.07) is 16.5. The molecule has 4 atom stereocenters. The van der Waals surface area contributed by atoms with E-state index >= 15 is 0 Å². The average molecular weight is 558 g/mol. The molecule has 3 saturated heterocycles. The number of nitrogens with zero attached hydrogens (tertiary/aromatic N) is 6. The minimum Gasteiger partial charge on any atom is -0.462 e. The van der Waals surface area contributed by atoms with Crippen molar-refractivity contribution in [3.05, 3.63) is 52.7 Å². The average Bonchev–Trinajstić information content (AvgIpc) is 3.51. The summed E-state index contributed by atoms with van der Waals surface area (Å²) in [6.07, 6.45) is 4.87. The third-order valence-electron chi connectivity index (χ3n) is 9.39. The zero-order valence-corrected chi connectivity index (χ0v) is 23.8. The van der Waals surface area contributed by atoms with Crippen molar-refractivity contribution in [3.63, 3.8) is 0 Å². The number of aromatic nitrogens is 2. The summed E-state index contributed by atoms with van der Waals surface area (Å²) >= 11 is 6.71. The van der Waals surface area contributed by atoms with Gasteiger partial charge in [0.15, 0.2) is 0 Å². The maximum Gasteiger partial charge on any atom is 0.318 e. The molecule has 40 heavy (non-hydrogen) atoms. The van der Waals surface area contributed by atoms with Crippen LogP contribution in [0.15, 0.2) is 36.4 Å². The number of likely N-dealkylation sites (N-methyl/N-ethyl adjacent to an activating group) is 1. The molecule has 3 fully saturated rings. The predicted octanol–water partition coefficient (Wildman–Crippen LogP) is 4.40. The lowest BCUT2D eigenvalue weighted by atomic mass is 9.97. The molecule has 3 aromatic rings. The van der Waals surface area contributed by atoms with Crippen molar-refractivity contribution in [2.75, 3.05) is 49.6 Å². The van der Waals surface area contributed by atoms with Crippen LogP contribution in [0.3, 0.4) is 0 Å². The van der Waals surface area contributed by atoms with Gasteiger partial charge in [-0.1, -0.05) is 35.9 Å². The van der Waals surface area contributed by atoms with Crippen LogP contribution in [0.2, 0.25) is 5.02 Å². The Morgan fingerprint density at radius 3 is 2.83 bits per heavy atom. The first kappa shape index (κ1) is 25.8. The maximum absolute atomic E-state index is 9.35. The zero-order chi connectivity index (χ0) is 27.2. The lowest BCUT2D eigenvalue weighted by Gasteiger charge is -2.38. The highest BCUT2D eigenvalue weighted by Crippen LogP contribution is 2.38. The number of fused-ring (bicyclic) bond motifs is 4. The van der Waals surface area contributed by atoms with E-state index in [1.807, 2.05) is 12.1 Å². The molecular weight excluding hydrogens is 522 g/mol. The fraction of sp³-hybridized carbons (Fsp3) is 0.516. The molecule has 5 heterocycles. The number of halogens is 1. The van der Waals surface area contributed by atoms with E-state index in [-0.39, 0.29) is 0 Å². The summed E-state index contributed by atoms with van der Waals surface area (Å²) in [5.41, 5.74) is 3.41. The van der Waals surface area contributed by atoms with Crippen LogP contribution < -0.4 is 19.9 Å². The maximum atomic E-state index is 9.35.